The number of aliphatic carboxylic acids is 1. The molecule has 0 aromatic carbocycles. The van der Waals surface area contributed by atoms with E-state index in [1.54, 1.807) is 0 Å². The Morgan fingerprint density at radius 1 is 1.47 bits per heavy atom. The summed E-state index contributed by atoms with van der Waals surface area (Å²) in [6.45, 7) is 1.42. The normalized spacial score (nSPS) is 27.3. The van der Waals surface area contributed by atoms with Crippen LogP contribution in [0.5, 0.6) is 0 Å². The number of aliphatic hydroxyl groups is 1. The molecule has 3 N–H and O–H groups in total. The van der Waals surface area contributed by atoms with Gasteiger partial charge in [-0.1, -0.05) is 13.3 Å². The predicted octanol–water partition coefficient (Wildman–Crippen LogP) is -0.0157. The number of carboxylic acids is 1. The molecule has 1 aliphatic rings. The third kappa shape index (κ3) is 2.92. The SMILES string of the molecule is CC1CCCC1C(=O)N[C@H](CO)C(=O)O. The Morgan fingerprint density at radius 2 is 2.13 bits per heavy atom. The molecular formula is C10H17NO4. The zero-order chi connectivity index (χ0) is 11.4. The van der Waals surface area contributed by atoms with E-state index < -0.39 is 18.6 Å². The first-order valence-electron chi connectivity index (χ1n) is 5.20. The van der Waals surface area contributed by atoms with Gasteiger partial charge in [-0.2, -0.15) is 0 Å². The molecular weight excluding hydrogens is 198 g/mol. The summed E-state index contributed by atoms with van der Waals surface area (Å²) >= 11 is 0. The Bertz CT molecular complexity index is 254. The summed E-state index contributed by atoms with van der Waals surface area (Å²) in [4.78, 5) is 22.2. The quantitative estimate of drug-likeness (QED) is 0.615. The summed E-state index contributed by atoms with van der Waals surface area (Å²) in [5.41, 5.74) is 0. The fourth-order valence-electron chi connectivity index (χ4n) is 2.00. The van der Waals surface area contributed by atoms with Crippen LogP contribution in [0.2, 0.25) is 0 Å². The highest BCUT2D eigenvalue weighted by molar-refractivity contribution is 5.85. The molecule has 0 aliphatic heterocycles. The molecule has 0 bridgehead atoms. The van der Waals surface area contributed by atoms with Crippen molar-refractivity contribution < 1.29 is 19.8 Å². The zero-order valence-corrected chi connectivity index (χ0v) is 8.77. The van der Waals surface area contributed by atoms with Gasteiger partial charge < -0.3 is 15.5 Å². The van der Waals surface area contributed by atoms with Gasteiger partial charge in [0.15, 0.2) is 0 Å². The molecule has 86 valence electrons. The summed E-state index contributed by atoms with van der Waals surface area (Å²) in [6, 6.07) is -1.18. The van der Waals surface area contributed by atoms with Crippen molar-refractivity contribution in [3.63, 3.8) is 0 Å². The minimum absolute atomic E-state index is 0.0987. The summed E-state index contributed by atoms with van der Waals surface area (Å²) < 4.78 is 0. The van der Waals surface area contributed by atoms with E-state index in [2.05, 4.69) is 5.32 Å². The molecule has 1 saturated carbocycles. The molecule has 0 heterocycles. The highest BCUT2D eigenvalue weighted by Crippen LogP contribution is 2.31. The van der Waals surface area contributed by atoms with E-state index in [-0.39, 0.29) is 11.8 Å². The van der Waals surface area contributed by atoms with Gasteiger partial charge in [-0.15, -0.1) is 0 Å². The number of aliphatic hydroxyl groups excluding tert-OH is 1. The molecule has 1 rings (SSSR count). The average molecular weight is 215 g/mol. The van der Waals surface area contributed by atoms with Crippen molar-refractivity contribution in [2.24, 2.45) is 11.8 Å². The molecule has 15 heavy (non-hydrogen) atoms. The lowest BCUT2D eigenvalue weighted by Crippen LogP contribution is -2.46. The number of carboxylic acid groups (broad SMARTS) is 1. The van der Waals surface area contributed by atoms with Crippen molar-refractivity contribution in [1.29, 1.82) is 0 Å². The second-order valence-corrected chi connectivity index (χ2v) is 4.10. The van der Waals surface area contributed by atoms with Crippen molar-refractivity contribution in [2.45, 2.75) is 32.2 Å². The highest BCUT2D eigenvalue weighted by Gasteiger charge is 2.31. The largest absolute Gasteiger partial charge is 0.480 e. The maximum Gasteiger partial charge on any atom is 0.328 e. The molecule has 5 nitrogen and oxygen atoms in total. The van der Waals surface area contributed by atoms with Crippen LogP contribution in [-0.4, -0.2) is 34.7 Å². The molecule has 3 atom stereocenters. The van der Waals surface area contributed by atoms with Crippen molar-refractivity contribution in [1.82, 2.24) is 5.32 Å². The summed E-state index contributed by atoms with van der Waals surface area (Å²) in [5.74, 6) is -1.24. The number of nitrogens with one attached hydrogen (secondary N) is 1. The Kier molecular flexibility index (Phi) is 4.08. The van der Waals surface area contributed by atoms with E-state index in [0.717, 1.165) is 19.3 Å². The topological polar surface area (TPSA) is 86.6 Å². The van der Waals surface area contributed by atoms with Crippen LogP contribution in [0, 0.1) is 11.8 Å². The van der Waals surface area contributed by atoms with Crippen molar-refractivity contribution in [3.05, 3.63) is 0 Å². The maximum atomic E-state index is 11.6. The van der Waals surface area contributed by atoms with Crippen molar-refractivity contribution in [3.8, 4) is 0 Å². The highest BCUT2D eigenvalue weighted by atomic mass is 16.4. The summed E-state index contributed by atoms with van der Waals surface area (Å²) in [5, 5.41) is 19.8. The first-order chi connectivity index (χ1) is 7.06. The lowest BCUT2D eigenvalue weighted by Gasteiger charge is -2.18. The van der Waals surface area contributed by atoms with Gasteiger partial charge in [-0.25, -0.2) is 4.79 Å². The molecule has 0 radical (unpaired) electrons. The molecule has 1 aliphatic carbocycles. The van der Waals surface area contributed by atoms with Gasteiger partial charge in [0.05, 0.1) is 6.61 Å². The Balaban J connectivity index is 2.50. The van der Waals surface area contributed by atoms with Crippen LogP contribution in [-0.2, 0) is 9.59 Å². The van der Waals surface area contributed by atoms with Gasteiger partial charge in [0, 0.05) is 5.92 Å². The number of amides is 1. The third-order valence-electron chi connectivity index (χ3n) is 3.00. The molecule has 1 fully saturated rings. The van der Waals surface area contributed by atoms with E-state index >= 15 is 0 Å². The summed E-state index contributed by atoms with van der Waals surface area (Å²) in [6.07, 6.45) is 2.83. The smallest absolute Gasteiger partial charge is 0.328 e. The lowest BCUT2D eigenvalue weighted by atomic mass is 9.97. The second kappa shape index (κ2) is 5.11. The van der Waals surface area contributed by atoms with Crippen LogP contribution in [0.15, 0.2) is 0 Å². The van der Waals surface area contributed by atoms with Crippen LogP contribution in [0.1, 0.15) is 26.2 Å². The van der Waals surface area contributed by atoms with Crippen LogP contribution in [0.25, 0.3) is 0 Å². The van der Waals surface area contributed by atoms with Gasteiger partial charge >= 0.3 is 5.97 Å². The Labute approximate surface area is 88.5 Å². The molecule has 1 amide bonds. The van der Waals surface area contributed by atoms with E-state index in [1.807, 2.05) is 6.92 Å². The fourth-order valence-corrected chi connectivity index (χ4v) is 2.00. The fraction of sp³-hybridized carbons (Fsp3) is 0.800. The van der Waals surface area contributed by atoms with Gasteiger partial charge in [-0.3, -0.25) is 4.79 Å². The number of hydrogen-bond donors (Lipinski definition) is 3. The molecule has 0 saturated heterocycles. The van der Waals surface area contributed by atoms with Gasteiger partial charge in [-0.05, 0) is 18.8 Å². The minimum Gasteiger partial charge on any atom is -0.480 e. The maximum absolute atomic E-state index is 11.6. The Hall–Kier alpha value is -1.10. The Morgan fingerprint density at radius 3 is 2.53 bits per heavy atom. The standard InChI is InChI=1S/C10H17NO4/c1-6-3-2-4-7(6)9(13)11-8(5-12)10(14)15/h6-8,12H,2-5H2,1H3,(H,11,13)(H,14,15)/t6?,7?,8-/m1/s1. The van der Waals surface area contributed by atoms with Crippen LogP contribution in [0.4, 0.5) is 0 Å². The third-order valence-corrected chi connectivity index (χ3v) is 3.00. The van der Waals surface area contributed by atoms with Crippen LogP contribution >= 0.6 is 0 Å². The second-order valence-electron chi connectivity index (χ2n) is 4.10. The summed E-state index contributed by atoms with van der Waals surface area (Å²) in [7, 11) is 0. The van der Waals surface area contributed by atoms with E-state index in [1.165, 1.54) is 0 Å². The zero-order valence-electron chi connectivity index (χ0n) is 8.77. The lowest BCUT2D eigenvalue weighted by molar-refractivity contribution is -0.143. The van der Waals surface area contributed by atoms with Gasteiger partial charge in [0.2, 0.25) is 5.91 Å². The van der Waals surface area contributed by atoms with Crippen molar-refractivity contribution >= 4 is 11.9 Å². The predicted molar refractivity (Wildman–Crippen MR) is 53.2 cm³/mol. The van der Waals surface area contributed by atoms with Gasteiger partial charge in [0.1, 0.15) is 6.04 Å². The first kappa shape index (κ1) is 12.0. The van der Waals surface area contributed by atoms with Crippen LogP contribution in [0.3, 0.4) is 0 Å². The van der Waals surface area contributed by atoms with Gasteiger partial charge in [0.25, 0.3) is 0 Å². The minimum atomic E-state index is -1.20. The molecule has 2 unspecified atom stereocenters. The molecule has 5 heteroatoms. The van der Waals surface area contributed by atoms with Crippen LogP contribution < -0.4 is 5.32 Å². The number of hydrogen-bond acceptors (Lipinski definition) is 3. The number of carbonyl (C=O) groups excluding carboxylic acids is 1. The monoisotopic (exact) mass is 215 g/mol. The van der Waals surface area contributed by atoms with Crippen molar-refractivity contribution in [2.75, 3.05) is 6.61 Å². The first-order valence-corrected chi connectivity index (χ1v) is 5.20. The molecule has 0 aromatic heterocycles. The average Bonchev–Trinajstić information content (AvgIpc) is 2.60. The van der Waals surface area contributed by atoms with E-state index in [9.17, 15) is 9.59 Å². The number of rotatable bonds is 4. The van der Waals surface area contributed by atoms with E-state index in [0.29, 0.717) is 5.92 Å². The van der Waals surface area contributed by atoms with E-state index in [4.69, 9.17) is 10.2 Å². The molecule has 0 aromatic rings. The number of carbonyl (C=O) groups is 2. The molecule has 0 spiro atoms.